The highest BCUT2D eigenvalue weighted by atomic mass is 32.2. The van der Waals surface area contributed by atoms with Crippen LogP contribution < -0.4 is 0 Å². The Morgan fingerprint density at radius 3 is 2.67 bits per heavy atom. The van der Waals surface area contributed by atoms with Crippen LogP contribution >= 0.6 is 0 Å². The van der Waals surface area contributed by atoms with Gasteiger partial charge in [-0.15, -0.1) is 0 Å². The highest BCUT2D eigenvalue weighted by molar-refractivity contribution is 7.88. The third-order valence-electron chi connectivity index (χ3n) is 4.68. The van der Waals surface area contributed by atoms with Crippen molar-refractivity contribution in [1.29, 1.82) is 0 Å². The van der Waals surface area contributed by atoms with Crippen LogP contribution in [0.5, 0.6) is 0 Å². The van der Waals surface area contributed by atoms with Crippen LogP contribution in [-0.4, -0.2) is 54.0 Å². The van der Waals surface area contributed by atoms with Gasteiger partial charge in [0, 0.05) is 31.4 Å². The van der Waals surface area contributed by atoms with E-state index in [4.69, 9.17) is 0 Å². The largest absolute Gasteiger partial charge is 0.296 e. The van der Waals surface area contributed by atoms with Crippen LogP contribution in [0.1, 0.15) is 31.4 Å². The van der Waals surface area contributed by atoms with Crippen molar-refractivity contribution in [2.45, 2.75) is 37.8 Å². The van der Waals surface area contributed by atoms with Gasteiger partial charge in [-0.25, -0.2) is 8.42 Å². The molecule has 5 nitrogen and oxygen atoms in total. The Bertz CT molecular complexity index is 590. The highest BCUT2D eigenvalue weighted by Gasteiger charge is 2.47. The van der Waals surface area contributed by atoms with Crippen LogP contribution in [0, 0.1) is 0 Å². The van der Waals surface area contributed by atoms with Crippen molar-refractivity contribution in [2.24, 2.45) is 0 Å². The lowest BCUT2D eigenvalue weighted by atomic mass is 9.87. The third-order valence-corrected chi connectivity index (χ3v) is 6.05. The SMILES string of the molecule is CS(=O)(=O)N1CCC[C@]12CCCN(Cc1ccccn1)C2. The van der Waals surface area contributed by atoms with E-state index in [1.165, 1.54) is 6.26 Å². The molecule has 0 radical (unpaired) electrons. The molecule has 21 heavy (non-hydrogen) atoms. The second-order valence-electron chi connectivity index (χ2n) is 6.30. The highest BCUT2D eigenvalue weighted by Crippen LogP contribution is 2.39. The number of rotatable bonds is 3. The van der Waals surface area contributed by atoms with Crippen LogP contribution in [0.3, 0.4) is 0 Å². The number of pyridine rings is 1. The van der Waals surface area contributed by atoms with Gasteiger partial charge in [-0.2, -0.15) is 4.31 Å². The van der Waals surface area contributed by atoms with Gasteiger partial charge in [0.2, 0.25) is 10.0 Å². The zero-order valence-corrected chi connectivity index (χ0v) is 13.3. The minimum atomic E-state index is -3.12. The Labute approximate surface area is 127 Å². The monoisotopic (exact) mass is 309 g/mol. The molecule has 6 heteroatoms. The lowest BCUT2D eigenvalue weighted by Gasteiger charge is -2.44. The summed E-state index contributed by atoms with van der Waals surface area (Å²) in [5.74, 6) is 0. The van der Waals surface area contributed by atoms with E-state index in [1.807, 2.05) is 24.4 Å². The number of aromatic nitrogens is 1. The third kappa shape index (κ3) is 3.12. The molecule has 2 aliphatic heterocycles. The molecule has 116 valence electrons. The molecule has 0 aromatic carbocycles. The minimum Gasteiger partial charge on any atom is -0.296 e. The van der Waals surface area contributed by atoms with Gasteiger partial charge in [0.25, 0.3) is 0 Å². The summed E-state index contributed by atoms with van der Waals surface area (Å²) in [6, 6.07) is 5.95. The van der Waals surface area contributed by atoms with Crippen molar-refractivity contribution in [2.75, 3.05) is 25.9 Å². The Hall–Kier alpha value is -0.980. The molecule has 3 heterocycles. The number of hydrogen-bond donors (Lipinski definition) is 0. The predicted molar refractivity (Wildman–Crippen MR) is 82.3 cm³/mol. The molecule has 1 spiro atoms. The molecule has 1 aromatic heterocycles. The number of hydrogen-bond acceptors (Lipinski definition) is 4. The lowest BCUT2D eigenvalue weighted by molar-refractivity contribution is 0.0833. The molecule has 2 aliphatic rings. The molecule has 2 fully saturated rings. The summed E-state index contributed by atoms with van der Waals surface area (Å²) < 4.78 is 25.9. The standard InChI is InChI=1S/C15H23N3O2S/c1-21(19,20)18-11-5-8-15(18)7-4-10-17(13-15)12-14-6-2-3-9-16-14/h2-3,6,9H,4-5,7-8,10-13H2,1H3/t15-/m0/s1. The average molecular weight is 309 g/mol. The smallest absolute Gasteiger partial charge is 0.211 e. The Kier molecular flexibility index (Phi) is 4.03. The van der Waals surface area contributed by atoms with E-state index in [2.05, 4.69) is 9.88 Å². The van der Waals surface area contributed by atoms with Crippen LogP contribution in [0.25, 0.3) is 0 Å². The Morgan fingerprint density at radius 2 is 2.00 bits per heavy atom. The first-order valence-corrected chi connectivity index (χ1v) is 9.45. The Balaban J connectivity index is 1.76. The first-order valence-electron chi connectivity index (χ1n) is 7.60. The lowest BCUT2D eigenvalue weighted by Crippen LogP contribution is -2.56. The second-order valence-corrected chi connectivity index (χ2v) is 8.21. The van der Waals surface area contributed by atoms with Gasteiger partial charge in [-0.1, -0.05) is 6.07 Å². The van der Waals surface area contributed by atoms with Crippen LogP contribution in [0.2, 0.25) is 0 Å². The van der Waals surface area contributed by atoms with Crippen molar-refractivity contribution in [3.8, 4) is 0 Å². The van der Waals surface area contributed by atoms with Crippen molar-refractivity contribution < 1.29 is 8.42 Å². The zero-order valence-electron chi connectivity index (χ0n) is 12.5. The van der Waals surface area contributed by atoms with E-state index in [1.54, 1.807) is 4.31 Å². The van der Waals surface area contributed by atoms with Crippen molar-refractivity contribution in [3.05, 3.63) is 30.1 Å². The van der Waals surface area contributed by atoms with E-state index >= 15 is 0 Å². The molecule has 0 aliphatic carbocycles. The van der Waals surface area contributed by atoms with E-state index < -0.39 is 10.0 Å². The number of likely N-dealkylation sites (tertiary alicyclic amines) is 1. The van der Waals surface area contributed by atoms with Gasteiger partial charge in [-0.3, -0.25) is 9.88 Å². The number of piperidine rings is 1. The fourth-order valence-corrected chi connectivity index (χ4v) is 5.31. The molecule has 0 unspecified atom stereocenters. The quantitative estimate of drug-likeness (QED) is 0.848. The molecule has 0 saturated carbocycles. The van der Waals surface area contributed by atoms with Gasteiger partial charge < -0.3 is 0 Å². The van der Waals surface area contributed by atoms with Crippen LogP contribution in [0.15, 0.2) is 24.4 Å². The maximum absolute atomic E-state index is 12.1. The molecular weight excluding hydrogens is 286 g/mol. The maximum atomic E-state index is 12.1. The van der Waals surface area contributed by atoms with E-state index in [9.17, 15) is 8.42 Å². The van der Waals surface area contributed by atoms with Crippen molar-refractivity contribution >= 4 is 10.0 Å². The van der Waals surface area contributed by atoms with Gasteiger partial charge >= 0.3 is 0 Å². The summed E-state index contributed by atoms with van der Waals surface area (Å²) in [4.78, 5) is 6.74. The minimum absolute atomic E-state index is 0.180. The van der Waals surface area contributed by atoms with Gasteiger partial charge in [0.15, 0.2) is 0 Å². The van der Waals surface area contributed by atoms with E-state index in [0.717, 1.165) is 51.0 Å². The maximum Gasteiger partial charge on any atom is 0.211 e. The summed E-state index contributed by atoms with van der Waals surface area (Å²) in [6.45, 7) is 3.34. The fourth-order valence-electron chi connectivity index (χ4n) is 3.90. The first kappa shape index (κ1) is 14.9. The van der Waals surface area contributed by atoms with Crippen molar-refractivity contribution in [3.63, 3.8) is 0 Å². The Morgan fingerprint density at radius 1 is 1.24 bits per heavy atom. The first-order chi connectivity index (χ1) is 10.00. The summed E-state index contributed by atoms with van der Waals surface area (Å²) >= 11 is 0. The predicted octanol–water partition coefficient (Wildman–Crippen LogP) is 1.47. The normalized spacial score (nSPS) is 28.2. The van der Waals surface area contributed by atoms with Crippen molar-refractivity contribution in [1.82, 2.24) is 14.2 Å². The van der Waals surface area contributed by atoms with Gasteiger partial charge in [0.05, 0.1) is 11.9 Å². The zero-order chi connectivity index (χ0) is 14.9. The molecule has 2 saturated heterocycles. The van der Waals surface area contributed by atoms with E-state index in [-0.39, 0.29) is 5.54 Å². The second kappa shape index (κ2) is 5.66. The average Bonchev–Trinajstić information content (AvgIpc) is 2.83. The van der Waals surface area contributed by atoms with E-state index in [0.29, 0.717) is 6.54 Å². The molecule has 3 rings (SSSR count). The summed E-state index contributed by atoms with van der Waals surface area (Å²) in [5, 5.41) is 0. The van der Waals surface area contributed by atoms with Gasteiger partial charge in [-0.05, 0) is 44.4 Å². The molecule has 0 amide bonds. The molecule has 1 aromatic rings. The molecule has 0 bridgehead atoms. The number of sulfonamides is 1. The summed E-state index contributed by atoms with van der Waals surface area (Å²) in [7, 11) is -3.12. The molecule has 1 atom stereocenters. The summed E-state index contributed by atoms with van der Waals surface area (Å²) in [5.41, 5.74) is 0.874. The summed E-state index contributed by atoms with van der Waals surface area (Å²) in [6.07, 6.45) is 7.16. The topological polar surface area (TPSA) is 53.5 Å². The molecular formula is C15H23N3O2S. The fraction of sp³-hybridized carbons (Fsp3) is 0.667. The molecule has 0 N–H and O–H groups in total. The van der Waals surface area contributed by atoms with Gasteiger partial charge in [0.1, 0.15) is 0 Å². The van der Waals surface area contributed by atoms with Crippen LogP contribution in [0.4, 0.5) is 0 Å². The number of nitrogens with zero attached hydrogens (tertiary/aromatic N) is 3. The van der Waals surface area contributed by atoms with Crippen LogP contribution in [-0.2, 0) is 16.6 Å².